The van der Waals surface area contributed by atoms with Gasteiger partial charge in [0.2, 0.25) is 11.9 Å². The van der Waals surface area contributed by atoms with E-state index in [0.717, 1.165) is 5.56 Å². The summed E-state index contributed by atoms with van der Waals surface area (Å²) in [6.45, 7) is 0. The molecule has 0 aliphatic rings. The van der Waals surface area contributed by atoms with Crippen LogP contribution in [0.3, 0.4) is 0 Å². The third-order valence-electron chi connectivity index (χ3n) is 2.45. The van der Waals surface area contributed by atoms with Crippen molar-refractivity contribution in [1.82, 2.24) is 0 Å². The van der Waals surface area contributed by atoms with Crippen molar-refractivity contribution in [2.45, 2.75) is 6.10 Å². The van der Waals surface area contributed by atoms with E-state index in [1.54, 1.807) is 24.3 Å². The van der Waals surface area contributed by atoms with Crippen LogP contribution >= 0.6 is 0 Å². The summed E-state index contributed by atoms with van der Waals surface area (Å²) < 4.78 is 0. The predicted molar refractivity (Wildman–Crippen MR) is 63.6 cm³/mol. The second kappa shape index (κ2) is 4.73. The van der Waals surface area contributed by atoms with E-state index in [1.165, 1.54) is 0 Å². The highest BCUT2D eigenvalue weighted by Gasteiger charge is 2.22. The molecule has 0 aromatic heterocycles. The second-order valence-corrected chi connectivity index (χ2v) is 3.57. The van der Waals surface area contributed by atoms with Crippen LogP contribution in [0, 0.1) is 0 Å². The Morgan fingerprint density at radius 2 is 1.38 bits per heavy atom. The summed E-state index contributed by atoms with van der Waals surface area (Å²) in [5, 5.41) is 7.91. The summed E-state index contributed by atoms with van der Waals surface area (Å²) in [6, 6.07) is 18.1. The molecule has 2 aromatic carbocycles. The van der Waals surface area contributed by atoms with Crippen LogP contribution in [0.5, 0.6) is 0 Å². The van der Waals surface area contributed by atoms with Gasteiger partial charge >= 0.3 is 0 Å². The highest BCUT2D eigenvalue weighted by molar-refractivity contribution is 5.99. The zero-order valence-electron chi connectivity index (χ0n) is 8.76. The molecule has 1 unspecified atom stereocenters. The number of benzene rings is 2. The average Bonchev–Trinajstić information content (AvgIpc) is 2.39. The maximum absolute atomic E-state index is 12.0. The SMILES string of the molecule is O=C(c1ccccc1)C([OH2+])c1ccccc1. The predicted octanol–water partition coefficient (Wildman–Crippen LogP) is 2.34. The van der Waals surface area contributed by atoms with Crippen molar-refractivity contribution in [1.29, 1.82) is 0 Å². The van der Waals surface area contributed by atoms with Gasteiger partial charge in [0.15, 0.2) is 0 Å². The van der Waals surface area contributed by atoms with Gasteiger partial charge < -0.3 is 5.11 Å². The first kappa shape index (κ1) is 10.6. The number of hydrogen-bond acceptors (Lipinski definition) is 1. The van der Waals surface area contributed by atoms with Crippen LogP contribution in [0.2, 0.25) is 0 Å². The fourth-order valence-electron chi connectivity index (χ4n) is 1.57. The minimum atomic E-state index is -0.830. The lowest BCUT2D eigenvalue weighted by Crippen LogP contribution is -2.11. The van der Waals surface area contributed by atoms with Crippen molar-refractivity contribution in [3.8, 4) is 0 Å². The van der Waals surface area contributed by atoms with E-state index in [1.807, 2.05) is 36.4 Å². The van der Waals surface area contributed by atoms with E-state index in [-0.39, 0.29) is 5.78 Å². The normalized spacial score (nSPS) is 12.1. The summed E-state index contributed by atoms with van der Waals surface area (Å²) in [5.74, 6) is -0.160. The molecule has 0 aliphatic carbocycles. The van der Waals surface area contributed by atoms with Crippen LogP contribution in [0.25, 0.3) is 0 Å². The molecule has 2 aromatic rings. The molecule has 1 atom stereocenters. The third-order valence-corrected chi connectivity index (χ3v) is 2.45. The van der Waals surface area contributed by atoms with Gasteiger partial charge in [-0.3, -0.25) is 4.79 Å². The second-order valence-electron chi connectivity index (χ2n) is 3.57. The third kappa shape index (κ3) is 2.18. The fraction of sp³-hybridized carbons (Fsp3) is 0.0714. The van der Waals surface area contributed by atoms with E-state index in [2.05, 4.69) is 0 Å². The molecule has 0 saturated carbocycles. The van der Waals surface area contributed by atoms with E-state index < -0.39 is 6.10 Å². The van der Waals surface area contributed by atoms with Crippen LogP contribution in [-0.2, 0) is 0 Å². The first-order valence-corrected chi connectivity index (χ1v) is 5.14. The Kier molecular flexibility index (Phi) is 3.13. The first-order chi connectivity index (χ1) is 7.79. The lowest BCUT2D eigenvalue weighted by molar-refractivity contribution is 0.0747. The Morgan fingerprint density at radius 3 is 1.94 bits per heavy atom. The first-order valence-electron chi connectivity index (χ1n) is 5.14. The van der Waals surface area contributed by atoms with Crippen molar-refractivity contribution in [3.63, 3.8) is 0 Å². The highest BCUT2D eigenvalue weighted by atomic mass is 16.3. The van der Waals surface area contributed by atoms with Gasteiger partial charge in [-0.05, 0) is 0 Å². The number of Topliss-reactive ketones (excluding diaryl/α,β-unsaturated/α-hetero) is 1. The zero-order valence-corrected chi connectivity index (χ0v) is 8.76. The van der Waals surface area contributed by atoms with E-state index in [4.69, 9.17) is 5.11 Å². The molecule has 16 heavy (non-hydrogen) atoms. The molecule has 0 spiro atoms. The molecular weight excluding hydrogens is 200 g/mol. The van der Waals surface area contributed by atoms with Crippen molar-refractivity contribution in [2.24, 2.45) is 0 Å². The summed E-state index contributed by atoms with van der Waals surface area (Å²) in [6.07, 6.45) is -0.830. The van der Waals surface area contributed by atoms with Gasteiger partial charge in [0.05, 0.1) is 0 Å². The van der Waals surface area contributed by atoms with Crippen molar-refractivity contribution in [2.75, 3.05) is 0 Å². The smallest absolute Gasteiger partial charge is 0.245 e. The molecule has 0 bridgehead atoms. The van der Waals surface area contributed by atoms with E-state index in [9.17, 15) is 4.79 Å². The Hall–Kier alpha value is -1.93. The Morgan fingerprint density at radius 1 is 0.875 bits per heavy atom. The molecule has 0 heterocycles. The number of carbonyl (C=O) groups excluding carboxylic acids is 1. The number of hydrogen-bond donors (Lipinski definition) is 0. The molecular formula is C14H13O2+. The van der Waals surface area contributed by atoms with Crippen LogP contribution in [-0.4, -0.2) is 10.9 Å². The zero-order chi connectivity index (χ0) is 11.4. The lowest BCUT2D eigenvalue weighted by Gasteiger charge is -2.05. The minimum absolute atomic E-state index is 0.160. The summed E-state index contributed by atoms with van der Waals surface area (Å²) in [5.41, 5.74) is 1.32. The van der Waals surface area contributed by atoms with Gasteiger partial charge in [0.25, 0.3) is 0 Å². The van der Waals surface area contributed by atoms with Crippen molar-refractivity contribution in [3.05, 3.63) is 71.8 Å². The maximum atomic E-state index is 12.0. The molecule has 2 heteroatoms. The monoisotopic (exact) mass is 213 g/mol. The fourth-order valence-corrected chi connectivity index (χ4v) is 1.57. The molecule has 2 nitrogen and oxygen atoms in total. The average molecular weight is 213 g/mol. The molecule has 80 valence electrons. The number of ketones is 1. The largest absolute Gasteiger partial charge is 0.434 e. The van der Waals surface area contributed by atoms with Crippen LogP contribution in [0.1, 0.15) is 22.0 Å². The van der Waals surface area contributed by atoms with Crippen LogP contribution in [0.4, 0.5) is 0 Å². The molecule has 0 fully saturated rings. The molecule has 2 rings (SSSR count). The minimum Gasteiger partial charge on any atom is -0.434 e. The lowest BCUT2D eigenvalue weighted by atomic mass is 10.0. The Bertz CT molecular complexity index is 463. The quantitative estimate of drug-likeness (QED) is 0.569. The maximum Gasteiger partial charge on any atom is 0.245 e. The van der Waals surface area contributed by atoms with Gasteiger partial charge in [-0.15, -0.1) is 0 Å². The Balaban J connectivity index is 2.24. The summed E-state index contributed by atoms with van der Waals surface area (Å²) >= 11 is 0. The molecule has 0 radical (unpaired) electrons. The number of carbonyl (C=O) groups is 1. The molecule has 0 aliphatic heterocycles. The molecule has 2 N–H and O–H groups in total. The van der Waals surface area contributed by atoms with Gasteiger partial charge in [-0.25, -0.2) is 0 Å². The summed E-state index contributed by atoms with van der Waals surface area (Å²) in [4.78, 5) is 12.0. The van der Waals surface area contributed by atoms with Crippen molar-refractivity contribution < 1.29 is 9.90 Å². The van der Waals surface area contributed by atoms with Gasteiger partial charge in [-0.2, -0.15) is 0 Å². The molecule has 0 saturated heterocycles. The van der Waals surface area contributed by atoms with Crippen LogP contribution in [0.15, 0.2) is 60.7 Å². The summed E-state index contributed by atoms with van der Waals surface area (Å²) in [7, 11) is 0. The van der Waals surface area contributed by atoms with Gasteiger partial charge in [0.1, 0.15) is 0 Å². The van der Waals surface area contributed by atoms with Gasteiger partial charge in [-0.1, -0.05) is 60.7 Å². The molecule has 0 amide bonds. The number of rotatable bonds is 3. The topological polar surface area (TPSA) is 40.0 Å². The van der Waals surface area contributed by atoms with Crippen molar-refractivity contribution >= 4 is 5.78 Å². The van der Waals surface area contributed by atoms with Crippen LogP contribution < -0.4 is 0 Å². The Labute approximate surface area is 94.2 Å². The van der Waals surface area contributed by atoms with E-state index in [0.29, 0.717) is 5.56 Å². The standard InChI is InChI=1S/C14H12O2/c15-13(11-7-3-1-4-8-11)14(16)12-9-5-2-6-10-12/h1-10,13,15H/p+1. The van der Waals surface area contributed by atoms with E-state index >= 15 is 0 Å². The van der Waals surface area contributed by atoms with Gasteiger partial charge in [0, 0.05) is 11.1 Å². The highest BCUT2D eigenvalue weighted by Crippen LogP contribution is 2.17.